The van der Waals surface area contributed by atoms with Crippen molar-refractivity contribution in [2.75, 3.05) is 5.32 Å². The van der Waals surface area contributed by atoms with Gasteiger partial charge in [-0.25, -0.2) is 4.98 Å². The molecule has 1 aliphatic carbocycles. The van der Waals surface area contributed by atoms with Crippen molar-refractivity contribution in [1.82, 2.24) is 9.55 Å². The fourth-order valence-electron chi connectivity index (χ4n) is 1.36. The van der Waals surface area contributed by atoms with Crippen LogP contribution in [0.2, 0.25) is 0 Å². The van der Waals surface area contributed by atoms with Crippen molar-refractivity contribution in [2.24, 2.45) is 7.05 Å². The van der Waals surface area contributed by atoms with Crippen LogP contribution in [0.5, 0.6) is 0 Å². The van der Waals surface area contributed by atoms with E-state index in [2.05, 4.69) is 21.8 Å². The second-order valence-corrected chi connectivity index (χ2v) is 3.55. The summed E-state index contributed by atoms with van der Waals surface area (Å²) in [5, 5.41) is 3.42. The van der Waals surface area contributed by atoms with E-state index in [9.17, 15) is 0 Å². The number of aromatic nitrogens is 2. The molecule has 66 valence electrons. The average Bonchev–Trinajstić information content (AvgIpc) is 2.27. The standard InChI is InChI=1S/C9H15N3/c1-7-6-10-9(12(7)2)11-8-4-3-5-8/h6,8H,3-5H2,1-2H3,(H,10,11). The largest absolute Gasteiger partial charge is 0.353 e. The van der Waals surface area contributed by atoms with Crippen LogP contribution in [-0.4, -0.2) is 15.6 Å². The van der Waals surface area contributed by atoms with Gasteiger partial charge in [0.05, 0.1) is 6.20 Å². The number of anilines is 1. The first-order valence-corrected chi connectivity index (χ1v) is 4.52. The van der Waals surface area contributed by atoms with Gasteiger partial charge in [-0.1, -0.05) is 0 Å². The normalized spacial score (nSPS) is 17.5. The number of aryl methyl sites for hydroxylation is 1. The molecule has 0 radical (unpaired) electrons. The highest BCUT2D eigenvalue weighted by Crippen LogP contribution is 2.22. The Bertz CT molecular complexity index is 273. The van der Waals surface area contributed by atoms with E-state index in [-0.39, 0.29) is 0 Å². The Morgan fingerprint density at radius 3 is 2.75 bits per heavy atom. The van der Waals surface area contributed by atoms with Crippen molar-refractivity contribution in [1.29, 1.82) is 0 Å². The molecule has 0 atom stereocenters. The first kappa shape index (κ1) is 7.65. The van der Waals surface area contributed by atoms with Gasteiger partial charge in [-0.05, 0) is 26.2 Å². The van der Waals surface area contributed by atoms with Crippen LogP contribution >= 0.6 is 0 Å². The third kappa shape index (κ3) is 1.19. The summed E-state index contributed by atoms with van der Waals surface area (Å²) >= 11 is 0. The van der Waals surface area contributed by atoms with Gasteiger partial charge in [0, 0.05) is 18.8 Å². The monoisotopic (exact) mass is 165 g/mol. The maximum Gasteiger partial charge on any atom is 0.202 e. The van der Waals surface area contributed by atoms with Crippen molar-refractivity contribution in [2.45, 2.75) is 32.2 Å². The second kappa shape index (κ2) is 2.81. The molecule has 1 heterocycles. The fraction of sp³-hybridized carbons (Fsp3) is 0.667. The maximum atomic E-state index is 4.29. The van der Waals surface area contributed by atoms with Gasteiger partial charge in [0.1, 0.15) is 0 Å². The minimum Gasteiger partial charge on any atom is -0.353 e. The highest BCUT2D eigenvalue weighted by Gasteiger charge is 2.18. The number of nitrogens with one attached hydrogen (secondary N) is 1. The highest BCUT2D eigenvalue weighted by molar-refractivity contribution is 5.30. The smallest absolute Gasteiger partial charge is 0.202 e. The molecule has 2 rings (SSSR count). The molecule has 0 unspecified atom stereocenters. The molecule has 1 aromatic rings. The molecule has 0 amide bonds. The molecule has 1 aromatic heterocycles. The van der Waals surface area contributed by atoms with Crippen LogP contribution in [0.3, 0.4) is 0 Å². The number of hydrogen-bond acceptors (Lipinski definition) is 2. The van der Waals surface area contributed by atoms with E-state index in [0.717, 1.165) is 5.95 Å². The predicted octanol–water partition coefficient (Wildman–Crippen LogP) is 1.69. The lowest BCUT2D eigenvalue weighted by Gasteiger charge is -2.26. The lowest BCUT2D eigenvalue weighted by molar-refractivity contribution is 0.442. The van der Waals surface area contributed by atoms with Crippen LogP contribution in [0, 0.1) is 6.92 Å². The zero-order chi connectivity index (χ0) is 8.55. The summed E-state index contributed by atoms with van der Waals surface area (Å²) in [6, 6.07) is 0.672. The Kier molecular flexibility index (Phi) is 1.79. The molecular formula is C9H15N3. The van der Waals surface area contributed by atoms with E-state index in [1.54, 1.807) is 0 Å². The van der Waals surface area contributed by atoms with Crippen molar-refractivity contribution in [3.8, 4) is 0 Å². The van der Waals surface area contributed by atoms with Gasteiger partial charge in [-0.2, -0.15) is 0 Å². The molecule has 0 bridgehead atoms. The van der Waals surface area contributed by atoms with Gasteiger partial charge in [-0.15, -0.1) is 0 Å². The van der Waals surface area contributed by atoms with Crippen molar-refractivity contribution >= 4 is 5.95 Å². The first-order chi connectivity index (χ1) is 5.77. The zero-order valence-electron chi connectivity index (χ0n) is 7.67. The SMILES string of the molecule is Cc1cnc(NC2CCC2)n1C. The van der Waals surface area contributed by atoms with Crippen molar-refractivity contribution < 1.29 is 0 Å². The van der Waals surface area contributed by atoms with Crippen molar-refractivity contribution in [3.05, 3.63) is 11.9 Å². The molecule has 1 fully saturated rings. The molecule has 0 saturated heterocycles. The number of imidazole rings is 1. The van der Waals surface area contributed by atoms with E-state index in [1.165, 1.54) is 25.0 Å². The molecule has 1 N–H and O–H groups in total. The fourth-order valence-corrected chi connectivity index (χ4v) is 1.36. The van der Waals surface area contributed by atoms with E-state index >= 15 is 0 Å². The van der Waals surface area contributed by atoms with E-state index in [0.29, 0.717) is 6.04 Å². The minimum atomic E-state index is 0.672. The Balaban J connectivity index is 2.06. The van der Waals surface area contributed by atoms with Gasteiger partial charge in [-0.3, -0.25) is 0 Å². The summed E-state index contributed by atoms with van der Waals surface area (Å²) < 4.78 is 2.10. The highest BCUT2D eigenvalue weighted by atomic mass is 15.2. The van der Waals surface area contributed by atoms with Gasteiger partial charge < -0.3 is 9.88 Å². The molecule has 1 saturated carbocycles. The Morgan fingerprint density at radius 1 is 1.58 bits per heavy atom. The molecular weight excluding hydrogens is 150 g/mol. The molecule has 1 aliphatic rings. The van der Waals surface area contributed by atoms with Gasteiger partial charge in [0.15, 0.2) is 0 Å². The van der Waals surface area contributed by atoms with Crippen LogP contribution in [0.25, 0.3) is 0 Å². The van der Waals surface area contributed by atoms with Gasteiger partial charge in [0.2, 0.25) is 5.95 Å². The van der Waals surface area contributed by atoms with Crippen LogP contribution in [0.15, 0.2) is 6.20 Å². The maximum absolute atomic E-state index is 4.29. The topological polar surface area (TPSA) is 29.9 Å². The minimum absolute atomic E-state index is 0.672. The van der Waals surface area contributed by atoms with Gasteiger partial charge >= 0.3 is 0 Å². The third-order valence-corrected chi connectivity index (χ3v) is 2.66. The van der Waals surface area contributed by atoms with Crippen LogP contribution in [0.4, 0.5) is 5.95 Å². The summed E-state index contributed by atoms with van der Waals surface area (Å²) in [5.41, 5.74) is 1.21. The Hall–Kier alpha value is -0.990. The summed E-state index contributed by atoms with van der Waals surface area (Å²) in [7, 11) is 2.04. The summed E-state index contributed by atoms with van der Waals surface area (Å²) in [5.74, 6) is 1.01. The number of hydrogen-bond donors (Lipinski definition) is 1. The quantitative estimate of drug-likeness (QED) is 0.722. The second-order valence-electron chi connectivity index (χ2n) is 3.55. The summed E-state index contributed by atoms with van der Waals surface area (Å²) in [6.45, 7) is 2.07. The summed E-state index contributed by atoms with van der Waals surface area (Å²) in [6.07, 6.45) is 5.86. The first-order valence-electron chi connectivity index (χ1n) is 4.52. The Morgan fingerprint density at radius 2 is 2.33 bits per heavy atom. The van der Waals surface area contributed by atoms with Crippen molar-refractivity contribution in [3.63, 3.8) is 0 Å². The van der Waals surface area contributed by atoms with Crippen LogP contribution in [0.1, 0.15) is 25.0 Å². The Labute approximate surface area is 72.8 Å². The van der Waals surface area contributed by atoms with E-state index < -0.39 is 0 Å². The number of nitrogens with zero attached hydrogens (tertiary/aromatic N) is 2. The van der Waals surface area contributed by atoms with E-state index in [1.807, 2.05) is 13.2 Å². The molecule has 12 heavy (non-hydrogen) atoms. The van der Waals surface area contributed by atoms with Gasteiger partial charge in [0.25, 0.3) is 0 Å². The van der Waals surface area contributed by atoms with Crippen LogP contribution in [-0.2, 0) is 7.05 Å². The predicted molar refractivity (Wildman–Crippen MR) is 49.2 cm³/mol. The average molecular weight is 165 g/mol. The van der Waals surface area contributed by atoms with Crippen LogP contribution < -0.4 is 5.32 Å². The molecule has 0 aromatic carbocycles. The third-order valence-electron chi connectivity index (χ3n) is 2.66. The van der Waals surface area contributed by atoms with E-state index in [4.69, 9.17) is 0 Å². The zero-order valence-corrected chi connectivity index (χ0v) is 7.67. The molecule has 0 spiro atoms. The lowest BCUT2D eigenvalue weighted by Crippen LogP contribution is -2.28. The summed E-state index contributed by atoms with van der Waals surface area (Å²) in [4.78, 5) is 4.29. The lowest BCUT2D eigenvalue weighted by atomic mass is 9.93. The molecule has 3 heteroatoms. The molecule has 3 nitrogen and oxygen atoms in total. The molecule has 0 aliphatic heterocycles. The number of rotatable bonds is 2.